The van der Waals surface area contributed by atoms with Gasteiger partial charge in [-0.1, -0.05) is 52.3 Å². The lowest BCUT2D eigenvalue weighted by Crippen LogP contribution is -2.65. The van der Waals surface area contributed by atoms with Crippen LogP contribution in [0.3, 0.4) is 0 Å². The molecule has 3 saturated carbocycles. The lowest BCUT2D eigenvalue weighted by molar-refractivity contribution is -0.202. The lowest BCUT2D eigenvalue weighted by Gasteiger charge is -2.65. The van der Waals surface area contributed by atoms with E-state index in [1.165, 1.54) is 0 Å². The van der Waals surface area contributed by atoms with Crippen LogP contribution >= 0.6 is 0 Å². The number of aliphatic hydroxyl groups is 4. The van der Waals surface area contributed by atoms with Crippen molar-refractivity contribution >= 4 is 5.78 Å². The van der Waals surface area contributed by atoms with Crippen LogP contribution in [0, 0.1) is 39.4 Å². The third-order valence-corrected chi connectivity index (χ3v) is 12.0. The highest BCUT2D eigenvalue weighted by molar-refractivity contribution is 5.88. The first kappa shape index (κ1) is 26.6. The summed E-state index contributed by atoms with van der Waals surface area (Å²) in [4.78, 5) is 14.3. The molecule has 0 aromatic carbocycles. The third kappa shape index (κ3) is 3.24. The number of hydrogen-bond donors (Lipinski definition) is 4. The molecule has 0 spiro atoms. The summed E-state index contributed by atoms with van der Waals surface area (Å²) in [5, 5.41) is 43.0. The van der Waals surface area contributed by atoms with Crippen molar-refractivity contribution in [2.24, 2.45) is 39.4 Å². The van der Waals surface area contributed by atoms with E-state index in [2.05, 4.69) is 26.8 Å². The number of carbonyl (C=O) groups is 1. The Labute approximate surface area is 215 Å². The van der Waals surface area contributed by atoms with Gasteiger partial charge in [0.15, 0.2) is 0 Å². The number of ketones is 1. The molecule has 4 aliphatic carbocycles. The van der Waals surface area contributed by atoms with E-state index in [1.54, 1.807) is 0 Å². The fourth-order valence-electron chi connectivity index (χ4n) is 10.0. The summed E-state index contributed by atoms with van der Waals surface area (Å²) in [6.07, 6.45) is 4.79. The molecule has 5 aliphatic rings. The van der Waals surface area contributed by atoms with Gasteiger partial charge in [0.05, 0.1) is 36.6 Å². The molecule has 6 nitrogen and oxygen atoms in total. The standard InChI is InChI=1S/C30H46O6/c1-16(15-31)10-17-12-29(6,35)24-21(36-17)13-27(4)22-9-8-18-19(11-20(32)25(34)26(18,2)3)30(22,7)23(33)14-28(24,27)5/h8,10,17,19-22,24-25,31-32,34-35H,9,11-15H2,1-7H3/b16-10-/t17-,19+,20-,21+,22-,24?,25+,27-,28+,29-,30-/m0/s1. The molecule has 0 radical (unpaired) electrons. The van der Waals surface area contributed by atoms with Gasteiger partial charge in [-0.2, -0.15) is 0 Å². The SMILES string of the molecule is C/C(=C/[C@H]1C[C@](C)(O)C2[C@@H](C[C@@]3(C)[C@@H]4CC=C5[C@@H](C[C@H](O)[C@@H](O)C5(C)C)[C@]4(C)C(=O)C[C@]23C)O1)CO. The van der Waals surface area contributed by atoms with Crippen LogP contribution in [0.5, 0.6) is 0 Å². The van der Waals surface area contributed by atoms with Crippen LogP contribution in [0.25, 0.3) is 0 Å². The predicted molar refractivity (Wildman–Crippen MR) is 137 cm³/mol. The molecule has 1 saturated heterocycles. The summed E-state index contributed by atoms with van der Waals surface area (Å²) >= 11 is 0. The van der Waals surface area contributed by atoms with Gasteiger partial charge in [0.25, 0.3) is 0 Å². The van der Waals surface area contributed by atoms with Crippen LogP contribution in [-0.2, 0) is 9.53 Å². The van der Waals surface area contributed by atoms with Gasteiger partial charge in [0.1, 0.15) is 5.78 Å². The van der Waals surface area contributed by atoms with Crippen molar-refractivity contribution in [2.45, 2.75) is 111 Å². The number of ether oxygens (including phenoxy) is 1. The smallest absolute Gasteiger partial charge is 0.140 e. The van der Waals surface area contributed by atoms with E-state index in [1.807, 2.05) is 33.8 Å². The second-order valence-electron chi connectivity index (χ2n) is 14.3. The van der Waals surface area contributed by atoms with Crippen molar-refractivity contribution in [3.05, 3.63) is 23.3 Å². The van der Waals surface area contributed by atoms with E-state index in [0.29, 0.717) is 19.3 Å². The van der Waals surface area contributed by atoms with Crippen LogP contribution in [-0.4, -0.2) is 62.8 Å². The highest BCUT2D eigenvalue weighted by atomic mass is 16.5. The zero-order valence-electron chi connectivity index (χ0n) is 23.0. The molecular formula is C30H46O6. The van der Waals surface area contributed by atoms with Crippen molar-refractivity contribution in [1.82, 2.24) is 0 Å². The Morgan fingerprint density at radius 3 is 2.42 bits per heavy atom. The second kappa shape index (κ2) is 7.98. The predicted octanol–water partition coefficient (Wildman–Crippen LogP) is 3.56. The molecule has 36 heavy (non-hydrogen) atoms. The van der Waals surface area contributed by atoms with Gasteiger partial charge in [-0.05, 0) is 61.3 Å². The number of aliphatic hydroxyl groups excluding tert-OH is 3. The Morgan fingerprint density at radius 1 is 1.11 bits per heavy atom. The van der Waals surface area contributed by atoms with Gasteiger partial charge in [0, 0.05) is 29.6 Å². The van der Waals surface area contributed by atoms with Crippen LogP contribution in [0.4, 0.5) is 0 Å². The Morgan fingerprint density at radius 2 is 1.78 bits per heavy atom. The zero-order chi connectivity index (χ0) is 26.6. The summed E-state index contributed by atoms with van der Waals surface area (Å²) in [5.74, 6) is 0.00658. The lowest BCUT2D eigenvalue weighted by atomic mass is 9.38. The van der Waals surface area contributed by atoms with Gasteiger partial charge in [-0.3, -0.25) is 4.79 Å². The summed E-state index contributed by atoms with van der Waals surface area (Å²) in [6.45, 7) is 14.3. The fraction of sp³-hybridized carbons (Fsp3) is 0.833. The fourth-order valence-corrected chi connectivity index (χ4v) is 10.0. The molecule has 1 heterocycles. The van der Waals surface area contributed by atoms with E-state index in [-0.39, 0.29) is 47.8 Å². The second-order valence-corrected chi connectivity index (χ2v) is 14.3. The Bertz CT molecular complexity index is 1010. The quantitative estimate of drug-likeness (QED) is 0.430. The molecule has 5 rings (SSSR count). The minimum atomic E-state index is -0.997. The molecule has 4 N–H and O–H groups in total. The van der Waals surface area contributed by atoms with Gasteiger partial charge < -0.3 is 25.2 Å². The van der Waals surface area contributed by atoms with Crippen LogP contribution in [0.2, 0.25) is 0 Å². The largest absolute Gasteiger partial charge is 0.392 e. The van der Waals surface area contributed by atoms with Crippen LogP contribution in [0.15, 0.2) is 23.3 Å². The summed E-state index contributed by atoms with van der Waals surface area (Å²) in [7, 11) is 0. The van der Waals surface area contributed by atoms with E-state index in [9.17, 15) is 25.2 Å². The molecule has 202 valence electrons. The van der Waals surface area contributed by atoms with Crippen molar-refractivity contribution in [3.8, 4) is 0 Å². The van der Waals surface area contributed by atoms with Crippen molar-refractivity contribution < 1.29 is 30.0 Å². The number of hydrogen-bond acceptors (Lipinski definition) is 6. The van der Waals surface area contributed by atoms with Gasteiger partial charge in [-0.25, -0.2) is 0 Å². The van der Waals surface area contributed by atoms with Crippen LogP contribution in [0.1, 0.15) is 80.6 Å². The summed E-state index contributed by atoms with van der Waals surface area (Å²) < 4.78 is 6.61. The molecule has 11 atom stereocenters. The van der Waals surface area contributed by atoms with E-state index in [0.717, 1.165) is 24.0 Å². The molecule has 0 aromatic rings. The third-order valence-electron chi connectivity index (χ3n) is 12.0. The Kier molecular flexibility index (Phi) is 5.89. The Hall–Kier alpha value is -1.05. The first-order valence-corrected chi connectivity index (χ1v) is 13.8. The van der Waals surface area contributed by atoms with Gasteiger partial charge >= 0.3 is 0 Å². The highest BCUT2D eigenvalue weighted by Crippen LogP contribution is 2.75. The van der Waals surface area contributed by atoms with Gasteiger partial charge in [0.2, 0.25) is 0 Å². The molecule has 0 bridgehead atoms. The van der Waals surface area contributed by atoms with Crippen LogP contribution < -0.4 is 0 Å². The van der Waals surface area contributed by atoms with E-state index < -0.39 is 34.1 Å². The monoisotopic (exact) mass is 502 g/mol. The first-order chi connectivity index (χ1) is 16.5. The number of allylic oxidation sites excluding steroid dienone is 1. The average molecular weight is 503 g/mol. The summed E-state index contributed by atoms with van der Waals surface area (Å²) in [6, 6.07) is 0. The highest BCUT2D eigenvalue weighted by Gasteiger charge is 2.75. The minimum Gasteiger partial charge on any atom is -0.392 e. The maximum Gasteiger partial charge on any atom is 0.140 e. The molecular weight excluding hydrogens is 456 g/mol. The zero-order valence-corrected chi connectivity index (χ0v) is 23.0. The topological polar surface area (TPSA) is 107 Å². The first-order valence-electron chi connectivity index (χ1n) is 13.8. The molecule has 4 fully saturated rings. The molecule has 6 heteroatoms. The van der Waals surface area contributed by atoms with Gasteiger partial charge in [-0.15, -0.1) is 0 Å². The minimum absolute atomic E-state index is 0.0343. The molecule has 1 unspecified atom stereocenters. The van der Waals surface area contributed by atoms with Crippen molar-refractivity contribution in [2.75, 3.05) is 6.61 Å². The number of fused-ring (bicyclic) bond motifs is 7. The average Bonchev–Trinajstić information content (AvgIpc) is 2.99. The maximum atomic E-state index is 14.3. The van der Waals surface area contributed by atoms with E-state index >= 15 is 0 Å². The summed E-state index contributed by atoms with van der Waals surface area (Å²) in [5.41, 5.74) is -0.938. The normalized spacial score (nSPS) is 54.2. The molecule has 1 aliphatic heterocycles. The number of carbonyl (C=O) groups excluding carboxylic acids is 1. The van der Waals surface area contributed by atoms with Crippen molar-refractivity contribution in [3.63, 3.8) is 0 Å². The van der Waals surface area contributed by atoms with Crippen molar-refractivity contribution in [1.29, 1.82) is 0 Å². The van der Waals surface area contributed by atoms with E-state index in [4.69, 9.17) is 4.74 Å². The maximum absolute atomic E-state index is 14.3. The number of rotatable bonds is 2. The number of Topliss-reactive ketones (excluding diaryl/α,β-unsaturated/α-hetero) is 1. The Balaban J connectivity index is 1.58. The molecule has 0 amide bonds. The molecule has 0 aromatic heterocycles.